The molecule has 1 amide bonds. The number of aryl methyl sites for hydroxylation is 1. The van der Waals surface area contributed by atoms with Gasteiger partial charge in [-0.2, -0.15) is 0 Å². The van der Waals surface area contributed by atoms with Crippen molar-refractivity contribution in [2.75, 3.05) is 20.8 Å². The molecule has 21 heavy (non-hydrogen) atoms. The van der Waals surface area contributed by atoms with Gasteiger partial charge >= 0.3 is 0 Å². The van der Waals surface area contributed by atoms with Gasteiger partial charge < -0.3 is 19.9 Å². The number of ether oxygens (including phenoxy) is 2. The second-order valence-electron chi connectivity index (χ2n) is 5.63. The summed E-state index contributed by atoms with van der Waals surface area (Å²) in [4.78, 5) is 11.6. The van der Waals surface area contributed by atoms with Gasteiger partial charge in [-0.3, -0.25) is 4.79 Å². The molecular formula is C16H25NO4. The lowest BCUT2D eigenvalue weighted by Crippen LogP contribution is -2.38. The van der Waals surface area contributed by atoms with Crippen LogP contribution in [0.5, 0.6) is 11.5 Å². The zero-order valence-corrected chi connectivity index (χ0v) is 13.2. The lowest BCUT2D eigenvalue weighted by Gasteiger charge is -2.17. The number of nitrogens with one attached hydrogen (secondary N) is 1. The Bertz CT molecular complexity index is 466. The Kier molecular flexibility index (Phi) is 6.49. The number of rotatable bonds is 8. The molecule has 118 valence electrons. The van der Waals surface area contributed by atoms with Gasteiger partial charge in [0.2, 0.25) is 5.91 Å². The smallest absolute Gasteiger partial charge is 0.220 e. The lowest BCUT2D eigenvalue weighted by atomic mass is 10.1. The minimum absolute atomic E-state index is 0.0439. The van der Waals surface area contributed by atoms with Crippen molar-refractivity contribution in [1.82, 2.24) is 5.32 Å². The normalized spacial score (nSPS) is 11.1. The molecule has 1 rings (SSSR count). The highest BCUT2D eigenvalue weighted by Gasteiger charge is 2.13. The molecule has 0 aromatic heterocycles. The third kappa shape index (κ3) is 6.49. The number of methoxy groups -OCH3 is 2. The molecule has 0 fully saturated rings. The summed E-state index contributed by atoms with van der Waals surface area (Å²) in [6.07, 6.45) is 1.97. The van der Waals surface area contributed by atoms with Crippen LogP contribution in [0.2, 0.25) is 0 Å². The van der Waals surface area contributed by atoms with Crippen LogP contribution in [0.3, 0.4) is 0 Å². The summed E-state index contributed by atoms with van der Waals surface area (Å²) < 4.78 is 10.4. The van der Waals surface area contributed by atoms with Crippen LogP contribution in [-0.2, 0) is 11.2 Å². The third-order valence-corrected chi connectivity index (χ3v) is 3.04. The van der Waals surface area contributed by atoms with Crippen molar-refractivity contribution < 1.29 is 19.4 Å². The fourth-order valence-corrected chi connectivity index (χ4v) is 1.89. The number of amides is 1. The number of hydrogen-bond donors (Lipinski definition) is 2. The highest BCUT2D eigenvalue weighted by molar-refractivity contribution is 5.75. The quantitative estimate of drug-likeness (QED) is 0.769. The van der Waals surface area contributed by atoms with E-state index in [4.69, 9.17) is 9.47 Å². The van der Waals surface area contributed by atoms with Crippen LogP contribution in [0.1, 0.15) is 32.3 Å². The monoisotopic (exact) mass is 295 g/mol. The average Bonchev–Trinajstić information content (AvgIpc) is 2.44. The molecular weight excluding hydrogens is 270 g/mol. The molecule has 1 aromatic carbocycles. The minimum Gasteiger partial charge on any atom is -0.493 e. The standard InChI is InChI=1S/C16H25NO4/c1-16(2,19)11-17-15(18)7-5-6-12-8-9-13(20-3)14(10-12)21-4/h8-10,19H,5-7,11H2,1-4H3,(H,17,18). The Morgan fingerprint density at radius 3 is 2.48 bits per heavy atom. The fourth-order valence-electron chi connectivity index (χ4n) is 1.89. The first-order valence-electron chi connectivity index (χ1n) is 7.05. The highest BCUT2D eigenvalue weighted by Crippen LogP contribution is 2.28. The van der Waals surface area contributed by atoms with Crippen molar-refractivity contribution in [3.63, 3.8) is 0 Å². The number of aliphatic hydroxyl groups is 1. The van der Waals surface area contributed by atoms with Crippen molar-refractivity contribution >= 4 is 5.91 Å². The van der Waals surface area contributed by atoms with Gasteiger partial charge in [-0.25, -0.2) is 0 Å². The van der Waals surface area contributed by atoms with E-state index in [2.05, 4.69) is 5.32 Å². The summed E-state index contributed by atoms with van der Waals surface area (Å²) in [5, 5.41) is 12.3. The van der Waals surface area contributed by atoms with Crippen LogP contribution >= 0.6 is 0 Å². The molecule has 0 saturated heterocycles. The molecule has 2 N–H and O–H groups in total. The first kappa shape index (κ1) is 17.3. The minimum atomic E-state index is -0.876. The Morgan fingerprint density at radius 1 is 1.24 bits per heavy atom. The first-order valence-corrected chi connectivity index (χ1v) is 7.05. The van der Waals surface area contributed by atoms with Crippen molar-refractivity contribution in [3.8, 4) is 11.5 Å². The third-order valence-electron chi connectivity index (χ3n) is 3.04. The van der Waals surface area contributed by atoms with Crippen LogP contribution < -0.4 is 14.8 Å². The van der Waals surface area contributed by atoms with Gasteiger partial charge in [0.1, 0.15) is 0 Å². The lowest BCUT2D eigenvalue weighted by molar-refractivity contribution is -0.122. The van der Waals surface area contributed by atoms with Crippen LogP contribution in [-0.4, -0.2) is 37.4 Å². The van der Waals surface area contributed by atoms with Gasteiger partial charge in [-0.1, -0.05) is 6.07 Å². The largest absolute Gasteiger partial charge is 0.493 e. The summed E-state index contributed by atoms with van der Waals surface area (Å²) in [6, 6.07) is 5.76. The molecule has 0 bridgehead atoms. The number of carbonyl (C=O) groups is 1. The molecule has 0 radical (unpaired) electrons. The molecule has 0 atom stereocenters. The van der Waals surface area contributed by atoms with Gasteiger partial charge in [-0.15, -0.1) is 0 Å². The van der Waals surface area contributed by atoms with Gasteiger partial charge in [0.05, 0.1) is 19.8 Å². The molecule has 0 unspecified atom stereocenters. The maximum Gasteiger partial charge on any atom is 0.220 e. The van der Waals surface area contributed by atoms with E-state index in [1.165, 1.54) is 0 Å². The molecule has 0 spiro atoms. The number of carbonyl (C=O) groups excluding carboxylic acids is 1. The van der Waals surface area contributed by atoms with E-state index >= 15 is 0 Å². The van der Waals surface area contributed by atoms with Crippen LogP contribution in [0.4, 0.5) is 0 Å². The molecule has 0 aliphatic heterocycles. The second-order valence-corrected chi connectivity index (χ2v) is 5.63. The summed E-state index contributed by atoms with van der Waals surface area (Å²) in [5.41, 5.74) is 0.224. The van der Waals surface area contributed by atoms with E-state index in [1.54, 1.807) is 28.1 Å². The van der Waals surface area contributed by atoms with Crippen molar-refractivity contribution in [2.45, 2.75) is 38.7 Å². The molecule has 0 aliphatic carbocycles. The Balaban J connectivity index is 2.40. The topological polar surface area (TPSA) is 67.8 Å². The molecule has 1 aromatic rings. The number of hydrogen-bond acceptors (Lipinski definition) is 4. The predicted octanol–water partition coefficient (Wildman–Crippen LogP) is 1.91. The maximum atomic E-state index is 11.6. The second kappa shape index (κ2) is 7.88. The van der Waals surface area contributed by atoms with E-state index < -0.39 is 5.60 Å². The van der Waals surface area contributed by atoms with Crippen molar-refractivity contribution in [1.29, 1.82) is 0 Å². The summed E-state index contributed by atoms with van der Waals surface area (Å²) in [6.45, 7) is 3.59. The highest BCUT2D eigenvalue weighted by atomic mass is 16.5. The van der Waals surface area contributed by atoms with Crippen LogP contribution in [0.25, 0.3) is 0 Å². The van der Waals surface area contributed by atoms with Gasteiger partial charge in [0.15, 0.2) is 11.5 Å². The van der Waals surface area contributed by atoms with E-state index in [0.717, 1.165) is 18.4 Å². The van der Waals surface area contributed by atoms with E-state index in [-0.39, 0.29) is 12.5 Å². The average molecular weight is 295 g/mol. The van der Waals surface area contributed by atoms with Gasteiger partial charge in [-0.05, 0) is 44.4 Å². The Morgan fingerprint density at radius 2 is 1.90 bits per heavy atom. The van der Waals surface area contributed by atoms with Crippen molar-refractivity contribution in [2.24, 2.45) is 0 Å². The van der Waals surface area contributed by atoms with E-state index in [0.29, 0.717) is 17.9 Å². The number of benzene rings is 1. The SMILES string of the molecule is COc1ccc(CCCC(=O)NCC(C)(C)O)cc1OC. The predicted molar refractivity (Wildman–Crippen MR) is 81.8 cm³/mol. The zero-order valence-electron chi connectivity index (χ0n) is 13.2. The summed E-state index contributed by atoms with van der Waals surface area (Å²) in [5.74, 6) is 1.35. The first-order chi connectivity index (χ1) is 9.85. The summed E-state index contributed by atoms with van der Waals surface area (Å²) in [7, 11) is 3.20. The molecule has 0 aliphatic rings. The van der Waals surface area contributed by atoms with Crippen LogP contribution in [0, 0.1) is 0 Å². The summed E-state index contributed by atoms with van der Waals surface area (Å²) >= 11 is 0. The van der Waals surface area contributed by atoms with Crippen LogP contribution in [0.15, 0.2) is 18.2 Å². The molecule has 0 heterocycles. The van der Waals surface area contributed by atoms with E-state index in [1.807, 2.05) is 18.2 Å². The Hall–Kier alpha value is -1.75. The molecule has 5 heteroatoms. The van der Waals surface area contributed by atoms with Gasteiger partial charge in [0.25, 0.3) is 0 Å². The molecule has 5 nitrogen and oxygen atoms in total. The maximum absolute atomic E-state index is 11.6. The van der Waals surface area contributed by atoms with Crippen molar-refractivity contribution in [3.05, 3.63) is 23.8 Å². The van der Waals surface area contributed by atoms with E-state index in [9.17, 15) is 9.90 Å². The van der Waals surface area contributed by atoms with Gasteiger partial charge in [0, 0.05) is 13.0 Å². The zero-order chi connectivity index (χ0) is 15.9. The molecule has 0 saturated carbocycles. The fraction of sp³-hybridized carbons (Fsp3) is 0.562. The Labute approximate surface area is 126 Å².